The second kappa shape index (κ2) is 7.09. The van der Waals surface area contributed by atoms with Crippen LogP contribution in [0.15, 0.2) is 30.6 Å². The molecule has 2 aromatic heterocycles. The van der Waals surface area contributed by atoms with E-state index in [1.807, 2.05) is 18.5 Å². The van der Waals surface area contributed by atoms with Crippen LogP contribution in [0.2, 0.25) is 0 Å². The fourth-order valence-electron chi connectivity index (χ4n) is 2.86. The van der Waals surface area contributed by atoms with Gasteiger partial charge in [0.05, 0.1) is 10.6 Å². The lowest BCUT2D eigenvalue weighted by molar-refractivity contribution is 0.976. The molecular formula is C19H22N4S. The first-order valence-electron chi connectivity index (χ1n) is 8.20. The summed E-state index contributed by atoms with van der Waals surface area (Å²) in [6, 6.07) is 6.30. The third-order valence-electron chi connectivity index (χ3n) is 3.84. The highest BCUT2D eigenvalue weighted by molar-refractivity contribution is 7.18. The van der Waals surface area contributed by atoms with Gasteiger partial charge in [0.1, 0.15) is 0 Å². The zero-order valence-electron chi connectivity index (χ0n) is 14.6. The van der Waals surface area contributed by atoms with Gasteiger partial charge in [0.25, 0.3) is 0 Å². The van der Waals surface area contributed by atoms with Crippen molar-refractivity contribution in [1.29, 1.82) is 0 Å². The van der Waals surface area contributed by atoms with Crippen molar-refractivity contribution in [2.24, 2.45) is 0 Å². The molecule has 2 heterocycles. The zero-order chi connectivity index (χ0) is 17.1. The lowest BCUT2D eigenvalue weighted by atomic mass is 9.99. The second-order valence-corrected chi connectivity index (χ2v) is 7.03. The monoisotopic (exact) mass is 338 g/mol. The Hall–Kier alpha value is -2.27. The summed E-state index contributed by atoms with van der Waals surface area (Å²) in [5.41, 5.74) is 5.72. The highest BCUT2D eigenvalue weighted by atomic mass is 32.1. The molecule has 0 unspecified atom stereocenters. The Balaban J connectivity index is 1.97. The van der Waals surface area contributed by atoms with E-state index in [1.165, 1.54) is 16.7 Å². The number of hydrogen-bond donors (Lipinski definition) is 1. The maximum absolute atomic E-state index is 4.79. The van der Waals surface area contributed by atoms with Gasteiger partial charge >= 0.3 is 0 Å². The van der Waals surface area contributed by atoms with Gasteiger partial charge in [-0.2, -0.15) is 0 Å². The first-order valence-corrected chi connectivity index (χ1v) is 9.01. The van der Waals surface area contributed by atoms with Crippen LogP contribution in [0.1, 0.15) is 30.0 Å². The van der Waals surface area contributed by atoms with Gasteiger partial charge in [-0.1, -0.05) is 36.0 Å². The molecule has 3 rings (SSSR count). The van der Waals surface area contributed by atoms with E-state index < -0.39 is 0 Å². The van der Waals surface area contributed by atoms with Crippen molar-refractivity contribution in [2.45, 2.75) is 34.1 Å². The summed E-state index contributed by atoms with van der Waals surface area (Å²) in [5.74, 6) is 0.777. The number of benzene rings is 1. The van der Waals surface area contributed by atoms with E-state index in [-0.39, 0.29) is 0 Å². The quantitative estimate of drug-likeness (QED) is 0.710. The Morgan fingerprint density at radius 2 is 1.83 bits per heavy atom. The zero-order valence-corrected chi connectivity index (χ0v) is 15.4. The lowest BCUT2D eigenvalue weighted by Crippen LogP contribution is -1.97. The first kappa shape index (κ1) is 16.6. The fourth-order valence-corrected chi connectivity index (χ4v) is 3.67. The molecule has 3 aromatic rings. The summed E-state index contributed by atoms with van der Waals surface area (Å²) in [6.07, 6.45) is 4.79. The van der Waals surface area contributed by atoms with Crippen LogP contribution in [0.25, 0.3) is 22.0 Å². The van der Waals surface area contributed by atoms with Gasteiger partial charge in [0.15, 0.2) is 11.0 Å². The van der Waals surface area contributed by atoms with Crippen molar-refractivity contribution in [1.82, 2.24) is 15.0 Å². The Morgan fingerprint density at radius 1 is 1.08 bits per heavy atom. The Morgan fingerprint density at radius 3 is 2.54 bits per heavy atom. The largest absolute Gasteiger partial charge is 0.362 e. The molecule has 0 fully saturated rings. The minimum Gasteiger partial charge on any atom is -0.362 e. The number of hydrogen-bond acceptors (Lipinski definition) is 5. The molecule has 0 radical (unpaired) electrons. The lowest BCUT2D eigenvalue weighted by Gasteiger charge is -2.10. The smallest absolute Gasteiger partial charge is 0.183 e. The molecule has 0 atom stereocenters. The van der Waals surface area contributed by atoms with Crippen LogP contribution in [0.5, 0.6) is 0 Å². The molecule has 1 aromatic carbocycles. The molecule has 124 valence electrons. The molecule has 4 nitrogen and oxygen atoms in total. The molecule has 0 saturated carbocycles. The maximum atomic E-state index is 4.79. The second-order valence-electron chi connectivity index (χ2n) is 6.00. The average molecular weight is 338 g/mol. The number of thiazole rings is 1. The molecular weight excluding hydrogens is 316 g/mol. The van der Waals surface area contributed by atoms with Crippen LogP contribution in [0, 0.1) is 20.8 Å². The van der Waals surface area contributed by atoms with Crippen molar-refractivity contribution in [3.63, 3.8) is 0 Å². The predicted molar refractivity (Wildman–Crippen MR) is 102 cm³/mol. The molecule has 0 saturated heterocycles. The Kier molecular flexibility index (Phi) is 4.90. The summed E-state index contributed by atoms with van der Waals surface area (Å²) in [4.78, 5) is 14.8. The van der Waals surface area contributed by atoms with Crippen LogP contribution < -0.4 is 5.32 Å². The summed E-state index contributed by atoms with van der Waals surface area (Å²) < 4.78 is 0. The van der Waals surface area contributed by atoms with Crippen LogP contribution in [0.3, 0.4) is 0 Å². The molecule has 0 aliphatic heterocycles. The van der Waals surface area contributed by atoms with Crippen LogP contribution in [0.4, 0.5) is 5.13 Å². The van der Waals surface area contributed by atoms with Crippen LogP contribution >= 0.6 is 11.3 Å². The molecule has 0 amide bonds. The molecule has 0 aliphatic rings. The number of anilines is 1. The van der Waals surface area contributed by atoms with Gasteiger partial charge in [-0.25, -0.2) is 15.0 Å². The van der Waals surface area contributed by atoms with Crippen molar-refractivity contribution in [3.8, 4) is 22.0 Å². The molecule has 0 bridgehead atoms. The van der Waals surface area contributed by atoms with Crippen molar-refractivity contribution < 1.29 is 0 Å². The average Bonchev–Trinajstić information content (AvgIpc) is 3.01. The minimum absolute atomic E-state index is 0.777. The van der Waals surface area contributed by atoms with Crippen molar-refractivity contribution >= 4 is 16.5 Å². The van der Waals surface area contributed by atoms with E-state index in [0.717, 1.165) is 40.1 Å². The molecule has 0 aliphatic carbocycles. The van der Waals surface area contributed by atoms with Gasteiger partial charge in [-0.3, -0.25) is 0 Å². The minimum atomic E-state index is 0.777. The molecule has 5 heteroatoms. The number of nitrogens with zero attached hydrogens (tertiary/aromatic N) is 3. The topological polar surface area (TPSA) is 50.7 Å². The first-order chi connectivity index (χ1) is 11.6. The highest BCUT2D eigenvalue weighted by Crippen LogP contribution is 2.30. The van der Waals surface area contributed by atoms with Crippen LogP contribution in [-0.2, 0) is 0 Å². The summed E-state index contributed by atoms with van der Waals surface area (Å²) >= 11 is 1.63. The third kappa shape index (κ3) is 3.46. The van der Waals surface area contributed by atoms with Gasteiger partial charge in [0, 0.05) is 24.5 Å². The van der Waals surface area contributed by atoms with Gasteiger partial charge in [0.2, 0.25) is 0 Å². The van der Waals surface area contributed by atoms with E-state index in [1.54, 1.807) is 11.3 Å². The van der Waals surface area contributed by atoms with Crippen LogP contribution in [-0.4, -0.2) is 21.5 Å². The van der Waals surface area contributed by atoms with E-state index in [2.05, 4.69) is 55.1 Å². The van der Waals surface area contributed by atoms with Gasteiger partial charge in [-0.15, -0.1) is 0 Å². The maximum Gasteiger partial charge on any atom is 0.183 e. The summed E-state index contributed by atoms with van der Waals surface area (Å²) in [5, 5.41) is 4.26. The van der Waals surface area contributed by atoms with Gasteiger partial charge in [-0.05, 0) is 44.4 Å². The molecule has 1 N–H and O–H groups in total. The van der Waals surface area contributed by atoms with Gasteiger partial charge < -0.3 is 5.32 Å². The normalized spacial score (nSPS) is 10.8. The SMILES string of the molecule is CCCNc1ncc(-c2ccnc(-c3c(C)cc(C)cc3C)n2)s1. The number of aryl methyl sites for hydroxylation is 3. The molecule has 0 spiro atoms. The molecule has 24 heavy (non-hydrogen) atoms. The number of aromatic nitrogens is 3. The summed E-state index contributed by atoms with van der Waals surface area (Å²) in [6.45, 7) is 9.42. The van der Waals surface area contributed by atoms with Crippen molar-refractivity contribution in [3.05, 3.63) is 47.3 Å². The number of rotatable bonds is 5. The number of nitrogens with one attached hydrogen (secondary N) is 1. The fraction of sp³-hybridized carbons (Fsp3) is 0.316. The Labute approximate surface area is 147 Å². The Bertz CT molecular complexity index is 831. The standard InChI is InChI=1S/C19H22N4S/c1-5-7-21-19-22-11-16(24-19)15-6-8-20-18(23-15)17-13(3)9-12(2)10-14(17)4/h6,8-11H,5,7H2,1-4H3,(H,21,22). The van der Waals surface area contributed by atoms with E-state index in [9.17, 15) is 0 Å². The van der Waals surface area contributed by atoms with E-state index >= 15 is 0 Å². The van der Waals surface area contributed by atoms with E-state index in [4.69, 9.17) is 4.98 Å². The van der Waals surface area contributed by atoms with Crippen molar-refractivity contribution in [2.75, 3.05) is 11.9 Å². The summed E-state index contributed by atoms with van der Waals surface area (Å²) in [7, 11) is 0. The third-order valence-corrected chi connectivity index (χ3v) is 4.82. The highest BCUT2D eigenvalue weighted by Gasteiger charge is 2.12. The predicted octanol–water partition coefficient (Wildman–Crippen LogP) is 5.01. The van der Waals surface area contributed by atoms with E-state index in [0.29, 0.717) is 0 Å².